The zero-order valence-electron chi connectivity index (χ0n) is 23.1. The predicted octanol–water partition coefficient (Wildman–Crippen LogP) is 6.27. The number of carbonyl (C=O) groups is 2. The fourth-order valence-corrected chi connectivity index (χ4v) is 4.34. The maximum atomic E-state index is 13.0. The van der Waals surface area contributed by atoms with E-state index < -0.39 is 11.9 Å². The van der Waals surface area contributed by atoms with E-state index in [1.807, 2.05) is 84.9 Å². The third-order valence-corrected chi connectivity index (χ3v) is 6.47. The van der Waals surface area contributed by atoms with Crippen LogP contribution >= 0.6 is 0 Å². The lowest BCUT2D eigenvalue weighted by Gasteiger charge is -2.12. The summed E-state index contributed by atoms with van der Waals surface area (Å²) in [5.74, 6) is 0.716. The minimum absolute atomic E-state index is 0.224. The third-order valence-electron chi connectivity index (χ3n) is 6.47. The standard InChI is InChI=1S/C34H28N2O6/c1-39-31-19-15-26(20-32(31)40-2)34(38)42-30-18-14-25-10-6-7-11-28(25)29(30)21-35-36-33(37)22-41-27-16-12-24(13-17-27)23-8-4-3-5-9-23/h3-21H,22H2,1-2H3,(H,36,37). The van der Waals surface area contributed by atoms with E-state index in [0.29, 0.717) is 22.8 Å². The Labute approximate surface area is 243 Å². The topological polar surface area (TPSA) is 95.5 Å². The molecule has 210 valence electrons. The summed E-state index contributed by atoms with van der Waals surface area (Å²) in [6, 6.07) is 33.4. The molecule has 1 N–H and O–H groups in total. The van der Waals surface area contributed by atoms with Crippen molar-refractivity contribution in [3.8, 4) is 34.1 Å². The molecule has 0 unspecified atom stereocenters. The summed E-state index contributed by atoms with van der Waals surface area (Å²) in [7, 11) is 3.01. The van der Waals surface area contributed by atoms with E-state index in [1.165, 1.54) is 20.4 Å². The highest BCUT2D eigenvalue weighted by atomic mass is 16.5. The van der Waals surface area contributed by atoms with Gasteiger partial charge in [0.2, 0.25) is 0 Å². The highest BCUT2D eigenvalue weighted by Crippen LogP contribution is 2.30. The van der Waals surface area contributed by atoms with Crippen LogP contribution in [0, 0.1) is 0 Å². The van der Waals surface area contributed by atoms with Crippen molar-refractivity contribution in [3.63, 3.8) is 0 Å². The summed E-state index contributed by atoms with van der Waals surface area (Å²) in [6.07, 6.45) is 1.45. The first-order chi connectivity index (χ1) is 20.6. The van der Waals surface area contributed by atoms with Crippen molar-refractivity contribution >= 4 is 28.9 Å². The number of amides is 1. The van der Waals surface area contributed by atoms with Crippen LogP contribution in [-0.2, 0) is 4.79 Å². The number of hydrazone groups is 1. The molecule has 8 heteroatoms. The van der Waals surface area contributed by atoms with Crippen molar-refractivity contribution in [1.29, 1.82) is 0 Å². The van der Waals surface area contributed by atoms with Crippen LogP contribution in [0.2, 0.25) is 0 Å². The van der Waals surface area contributed by atoms with Crippen molar-refractivity contribution in [2.24, 2.45) is 5.10 Å². The molecule has 0 saturated heterocycles. The number of nitrogens with one attached hydrogen (secondary N) is 1. The van der Waals surface area contributed by atoms with Gasteiger partial charge in [-0.25, -0.2) is 10.2 Å². The molecule has 0 spiro atoms. The molecule has 5 aromatic carbocycles. The molecule has 0 atom stereocenters. The number of carbonyl (C=O) groups excluding carboxylic acids is 2. The molecule has 0 aromatic heterocycles. The average Bonchev–Trinajstić information content (AvgIpc) is 3.04. The molecular formula is C34H28N2O6. The van der Waals surface area contributed by atoms with Gasteiger partial charge >= 0.3 is 5.97 Å². The van der Waals surface area contributed by atoms with E-state index in [0.717, 1.165) is 21.9 Å². The van der Waals surface area contributed by atoms with Crippen LogP contribution < -0.4 is 24.4 Å². The number of nitrogens with zero attached hydrogens (tertiary/aromatic N) is 1. The van der Waals surface area contributed by atoms with Crippen molar-refractivity contribution < 1.29 is 28.5 Å². The second-order valence-corrected chi connectivity index (χ2v) is 9.13. The number of esters is 1. The van der Waals surface area contributed by atoms with Gasteiger partial charge in [-0.3, -0.25) is 4.79 Å². The number of hydrogen-bond donors (Lipinski definition) is 1. The normalized spacial score (nSPS) is 10.8. The van der Waals surface area contributed by atoms with Gasteiger partial charge in [-0.1, -0.05) is 72.8 Å². The lowest BCUT2D eigenvalue weighted by atomic mass is 10.0. The van der Waals surface area contributed by atoms with E-state index >= 15 is 0 Å². The predicted molar refractivity (Wildman–Crippen MR) is 162 cm³/mol. The Morgan fingerprint density at radius 3 is 2.19 bits per heavy atom. The summed E-state index contributed by atoms with van der Waals surface area (Å²) in [4.78, 5) is 25.5. The Hall–Kier alpha value is -5.63. The Balaban J connectivity index is 1.27. The summed E-state index contributed by atoms with van der Waals surface area (Å²) < 4.78 is 21.9. The largest absolute Gasteiger partial charge is 0.493 e. The van der Waals surface area contributed by atoms with Crippen LogP contribution in [0.1, 0.15) is 15.9 Å². The summed E-state index contributed by atoms with van der Waals surface area (Å²) in [6.45, 7) is -0.224. The quantitative estimate of drug-likeness (QED) is 0.0936. The molecule has 0 aliphatic rings. The van der Waals surface area contributed by atoms with Gasteiger partial charge in [-0.05, 0) is 58.3 Å². The number of rotatable bonds is 10. The zero-order valence-corrected chi connectivity index (χ0v) is 23.1. The molecule has 0 radical (unpaired) electrons. The van der Waals surface area contributed by atoms with Gasteiger partial charge in [0.05, 0.1) is 26.0 Å². The molecule has 1 amide bonds. The smallest absolute Gasteiger partial charge is 0.343 e. The first-order valence-electron chi connectivity index (χ1n) is 13.1. The van der Waals surface area contributed by atoms with Crippen LogP contribution in [0.3, 0.4) is 0 Å². The van der Waals surface area contributed by atoms with Gasteiger partial charge in [-0.15, -0.1) is 0 Å². The Morgan fingerprint density at radius 2 is 1.43 bits per heavy atom. The third kappa shape index (κ3) is 6.56. The highest BCUT2D eigenvalue weighted by Gasteiger charge is 2.16. The van der Waals surface area contributed by atoms with Crippen molar-refractivity contribution in [3.05, 3.63) is 120 Å². The minimum atomic E-state index is -0.586. The van der Waals surface area contributed by atoms with Gasteiger partial charge in [0.15, 0.2) is 18.1 Å². The zero-order chi connectivity index (χ0) is 29.3. The monoisotopic (exact) mass is 560 g/mol. The lowest BCUT2D eigenvalue weighted by Crippen LogP contribution is -2.24. The Bertz CT molecular complexity index is 1730. The Morgan fingerprint density at radius 1 is 0.738 bits per heavy atom. The van der Waals surface area contributed by atoms with E-state index in [9.17, 15) is 9.59 Å². The first-order valence-corrected chi connectivity index (χ1v) is 13.1. The number of methoxy groups -OCH3 is 2. The second kappa shape index (κ2) is 13.1. The molecule has 5 aromatic rings. The lowest BCUT2D eigenvalue weighted by molar-refractivity contribution is -0.123. The maximum Gasteiger partial charge on any atom is 0.343 e. The summed E-state index contributed by atoms with van der Waals surface area (Å²) in [5, 5.41) is 5.83. The number of benzene rings is 5. The highest BCUT2D eigenvalue weighted by molar-refractivity contribution is 6.04. The molecule has 5 rings (SSSR count). The Kier molecular flexibility index (Phi) is 8.74. The molecule has 8 nitrogen and oxygen atoms in total. The second-order valence-electron chi connectivity index (χ2n) is 9.13. The molecule has 0 aliphatic carbocycles. The van der Waals surface area contributed by atoms with Crippen molar-refractivity contribution in [2.75, 3.05) is 20.8 Å². The molecule has 0 bridgehead atoms. The SMILES string of the molecule is COc1ccc(C(=O)Oc2ccc3ccccc3c2C=NNC(=O)COc2ccc(-c3ccccc3)cc2)cc1OC. The minimum Gasteiger partial charge on any atom is -0.493 e. The van der Waals surface area contributed by atoms with Gasteiger partial charge < -0.3 is 18.9 Å². The molecular weight excluding hydrogens is 532 g/mol. The van der Waals surface area contributed by atoms with E-state index in [-0.39, 0.29) is 17.9 Å². The summed E-state index contributed by atoms with van der Waals surface area (Å²) >= 11 is 0. The van der Waals surface area contributed by atoms with Crippen LogP contribution in [-0.4, -0.2) is 38.9 Å². The van der Waals surface area contributed by atoms with Gasteiger partial charge in [0, 0.05) is 5.56 Å². The summed E-state index contributed by atoms with van der Waals surface area (Å²) in [5.41, 5.74) is 5.43. The molecule has 0 aliphatic heterocycles. The van der Waals surface area contributed by atoms with E-state index in [2.05, 4.69) is 10.5 Å². The van der Waals surface area contributed by atoms with E-state index in [1.54, 1.807) is 24.3 Å². The van der Waals surface area contributed by atoms with Crippen LogP contribution in [0.25, 0.3) is 21.9 Å². The van der Waals surface area contributed by atoms with Gasteiger partial charge in [0.1, 0.15) is 11.5 Å². The average molecular weight is 561 g/mol. The number of hydrogen-bond acceptors (Lipinski definition) is 7. The number of ether oxygens (including phenoxy) is 4. The van der Waals surface area contributed by atoms with Crippen LogP contribution in [0.5, 0.6) is 23.0 Å². The number of fused-ring (bicyclic) bond motifs is 1. The molecule has 0 saturated carbocycles. The van der Waals surface area contributed by atoms with Gasteiger partial charge in [-0.2, -0.15) is 5.10 Å². The molecule has 0 fully saturated rings. The van der Waals surface area contributed by atoms with Crippen molar-refractivity contribution in [1.82, 2.24) is 5.43 Å². The molecule has 42 heavy (non-hydrogen) atoms. The van der Waals surface area contributed by atoms with Crippen molar-refractivity contribution in [2.45, 2.75) is 0 Å². The first kappa shape index (κ1) is 27.9. The van der Waals surface area contributed by atoms with Crippen LogP contribution in [0.15, 0.2) is 114 Å². The molecule has 0 heterocycles. The fraction of sp³-hybridized carbons (Fsp3) is 0.0882. The van der Waals surface area contributed by atoms with Crippen LogP contribution in [0.4, 0.5) is 0 Å². The van der Waals surface area contributed by atoms with E-state index in [4.69, 9.17) is 18.9 Å². The van der Waals surface area contributed by atoms with Gasteiger partial charge in [0.25, 0.3) is 5.91 Å². The maximum absolute atomic E-state index is 13.0. The fourth-order valence-electron chi connectivity index (χ4n) is 4.34.